The topological polar surface area (TPSA) is 136 Å². The van der Waals surface area contributed by atoms with Gasteiger partial charge in [0.1, 0.15) is 11.6 Å². The van der Waals surface area contributed by atoms with Gasteiger partial charge < -0.3 is 25.8 Å². The molecular weight excluding hydrogens is 520 g/mol. The molecule has 1 fully saturated rings. The number of nitrogens with zero attached hydrogens (tertiary/aromatic N) is 4. The Bertz CT molecular complexity index is 1520. The second-order valence-electron chi connectivity index (χ2n) is 9.36. The molecule has 0 saturated carbocycles. The van der Waals surface area contributed by atoms with Gasteiger partial charge in [0.25, 0.3) is 5.91 Å². The van der Waals surface area contributed by atoms with Gasteiger partial charge in [0.2, 0.25) is 0 Å². The van der Waals surface area contributed by atoms with Crippen molar-refractivity contribution in [3.8, 4) is 28.0 Å². The molecule has 11 heteroatoms. The number of nitrogen functional groups attached to an aromatic ring is 1. The number of nitrogens with one attached hydrogen (secondary N) is 1. The van der Waals surface area contributed by atoms with Crippen LogP contribution in [0.25, 0.3) is 22.3 Å². The number of nitrogens with two attached hydrogens (primary N) is 1. The van der Waals surface area contributed by atoms with Gasteiger partial charge in [-0.25, -0.2) is 9.78 Å². The van der Waals surface area contributed by atoms with Crippen molar-refractivity contribution in [2.75, 3.05) is 18.8 Å². The number of rotatable bonds is 6. The zero-order valence-corrected chi connectivity index (χ0v) is 21.9. The molecule has 0 bridgehead atoms. The van der Waals surface area contributed by atoms with Crippen LogP contribution in [0.3, 0.4) is 0 Å². The van der Waals surface area contributed by atoms with Gasteiger partial charge >= 0.3 is 6.09 Å². The lowest BCUT2D eigenvalue weighted by atomic mass is 10.0. The lowest BCUT2D eigenvalue weighted by molar-refractivity contribution is 0.0937. The van der Waals surface area contributed by atoms with Crippen molar-refractivity contribution in [1.82, 2.24) is 25.0 Å². The minimum atomic E-state index is -0.532. The number of halogens is 1. The molecule has 0 aliphatic carbocycles. The third-order valence-electron chi connectivity index (χ3n) is 6.53. The zero-order chi connectivity index (χ0) is 27.5. The highest BCUT2D eigenvalue weighted by molar-refractivity contribution is 6.31. The highest BCUT2D eigenvalue weighted by Gasteiger charge is 2.29. The Hall–Kier alpha value is -4.41. The van der Waals surface area contributed by atoms with Gasteiger partial charge in [-0.2, -0.15) is 5.10 Å². The van der Waals surface area contributed by atoms with Crippen LogP contribution in [0.15, 0.2) is 67.1 Å². The van der Waals surface area contributed by atoms with Crippen LogP contribution in [-0.2, 0) is 13.7 Å². The van der Waals surface area contributed by atoms with E-state index in [0.29, 0.717) is 23.7 Å². The zero-order valence-electron chi connectivity index (χ0n) is 21.2. The van der Waals surface area contributed by atoms with E-state index in [1.807, 2.05) is 37.5 Å². The Balaban J connectivity index is 1.22. The van der Waals surface area contributed by atoms with Crippen molar-refractivity contribution in [1.29, 1.82) is 0 Å². The molecule has 1 atom stereocenters. The van der Waals surface area contributed by atoms with Crippen LogP contribution in [0.2, 0.25) is 5.02 Å². The Morgan fingerprint density at radius 1 is 1.10 bits per heavy atom. The van der Waals surface area contributed by atoms with Gasteiger partial charge in [-0.3, -0.25) is 9.48 Å². The summed E-state index contributed by atoms with van der Waals surface area (Å²) in [4.78, 5) is 31.6. The molecular formula is C28H27ClN6O4. The predicted octanol–water partition coefficient (Wildman–Crippen LogP) is 3.88. The largest absolute Gasteiger partial charge is 0.415 e. The van der Waals surface area contributed by atoms with E-state index in [9.17, 15) is 14.7 Å². The lowest BCUT2D eigenvalue weighted by Crippen LogP contribution is -2.39. The molecule has 200 valence electrons. The molecule has 1 aliphatic rings. The molecule has 10 nitrogen and oxygen atoms in total. The van der Waals surface area contributed by atoms with E-state index in [2.05, 4.69) is 15.4 Å². The summed E-state index contributed by atoms with van der Waals surface area (Å²) < 4.78 is 7.29. The Kier molecular flexibility index (Phi) is 7.49. The van der Waals surface area contributed by atoms with Crippen LogP contribution in [0.1, 0.15) is 22.3 Å². The Morgan fingerprint density at radius 3 is 2.62 bits per heavy atom. The molecule has 4 N–H and O–H groups in total. The molecule has 0 spiro atoms. The van der Waals surface area contributed by atoms with Crippen molar-refractivity contribution in [2.45, 2.75) is 19.1 Å². The van der Waals surface area contributed by atoms with E-state index in [1.54, 1.807) is 41.3 Å². The van der Waals surface area contributed by atoms with Crippen LogP contribution >= 0.6 is 11.6 Å². The first-order valence-electron chi connectivity index (χ1n) is 12.3. The number of aromatic nitrogens is 3. The summed E-state index contributed by atoms with van der Waals surface area (Å²) >= 11 is 6.29. The molecule has 2 amide bonds. The first-order valence-corrected chi connectivity index (χ1v) is 12.7. The van der Waals surface area contributed by atoms with E-state index in [0.717, 1.165) is 27.8 Å². The summed E-state index contributed by atoms with van der Waals surface area (Å²) in [7, 11) is 1.81. The molecule has 1 aliphatic heterocycles. The van der Waals surface area contributed by atoms with E-state index in [-0.39, 0.29) is 36.5 Å². The van der Waals surface area contributed by atoms with Gasteiger partial charge in [0.05, 0.1) is 18.4 Å². The first kappa shape index (κ1) is 26.2. The van der Waals surface area contributed by atoms with Crippen molar-refractivity contribution >= 4 is 29.4 Å². The van der Waals surface area contributed by atoms with Gasteiger partial charge in [0.15, 0.2) is 0 Å². The summed E-state index contributed by atoms with van der Waals surface area (Å²) in [5, 5.41) is 16.8. The number of amides is 2. The van der Waals surface area contributed by atoms with E-state index >= 15 is 0 Å². The molecule has 5 rings (SSSR count). The number of carbonyl (C=O) groups excluding carboxylic acids is 2. The molecule has 4 aromatic rings. The predicted molar refractivity (Wildman–Crippen MR) is 147 cm³/mol. The molecule has 1 saturated heterocycles. The number of benzene rings is 2. The highest BCUT2D eigenvalue weighted by Crippen LogP contribution is 2.29. The van der Waals surface area contributed by atoms with E-state index in [4.69, 9.17) is 22.1 Å². The molecule has 2 aromatic carbocycles. The number of pyridine rings is 1. The number of hydrogen-bond acceptors (Lipinski definition) is 7. The fourth-order valence-corrected chi connectivity index (χ4v) is 4.67. The summed E-state index contributed by atoms with van der Waals surface area (Å²) in [6.07, 6.45) is 5.14. The first-order chi connectivity index (χ1) is 18.8. The van der Waals surface area contributed by atoms with E-state index < -0.39 is 6.09 Å². The van der Waals surface area contributed by atoms with Crippen molar-refractivity contribution in [3.05, 3.63) is 83.3 Å². The normalized spacial score (nSPS) is 14.8. The SMILES string of the molecule is Cn1cc(-c2cnc(N)c(C(=O)N[C@@H]3CCN(C(=O)Oc4cc(Cl)cc(-c5ccc(CO)cc5)c4)C3)c2)cn1. The third-order valence-corrected chi connectivity index (χ3v) is 6.75. The van der Waals surface area contributed by atoms with Gasteiger partial charge in [0, 0.05) is 54.7 Å². The number of aliphatic hydroxyl groups is 1. The Labute approximate surface area is 230 Å². The monoisotopic (exact) mass is 546 g/mol. The number of carbonyl (C=O) groups is 2. The maximum Gasteiger partial charge on any atom is 0.415 e. The smallest absolute Gasteiger partial charge is 0.410 e. The number of hydrogen-bond donors (Lipinski definition) is 3. The lowest BCUT2D eigenvalue weighted by Gasteiger charge is -2.18. The summed E-state index contributed by atoms with van der Waals surface area (Å²) in [6.45, 7) is 0.664. The fraction of sp³-hybridized carbons (Fsp3) is 0.214. The molecule has 2 aromatic heterocycles. The number of anilines is 1. The minimum Gasteiger partial charge on any atom is -0.410 e. The average Bonchev–Trinajstić information content (AvgIpc) is 3.58. The number of aryl methyl sites for hydroxylation is 1. The second-order valence-corrected chi connectivity index (χ2v) is 9.80. The maximum atomic E-state index is 13.0. The third kappa shape index (κ3) is 6.02. The Morgan fingerprint density at radius 2 is 1.90 bits per heavy atom. The average molecular weight is 547 g/mol. The molecule has 3 heterocycles. The quantitative estimate of drug-likeness (QED) is 0.334. The van der Waals surface area contributed by atoms with Crippen LogP contribution in [0.5, 0.6) is 5.75 Å². The van der Waals surface area contributed by atoms with Crippen molar-refractivity contribution in [2.24, 2.45) is 7.05 Å². The van der Waals surface area contributed by atoms with Gasteiger partial charge in [-0.05, 0) is 47.4 Å². The highest BCUT2D eigenvalue weighted by atomic mass is 35.5. The van der Waals surface area contributed by atoms with Gasteiger partial charge in [-0.1, -0.05) is 35.9 Å². The van der Waals surface area contributed by atoms with Gasteiger partial charge in [-0.15, -0.1) is 0 Å². The number of likely N-dealkylation sites (tertiary alicyclic amines) is 1. The van der Waals surface area contributed by atoms with Crippen LogP contribution < -0.4 is 15.8 Å². The second kappa shape index (κ2) is 11.1. The number of ether oxygens (including phenoxy) is 1. The molecule has 0 unspecified atom stereocenters. The van der Waals surface area contributed by atoms with Crippen LogP contribution in [0, 0.1) is 0 Å². The summed E-state index contributed by atoms with van der Waals surface area (Å²) in [5.41, 5.74) is 10.2. The molecule has 39 heavy (non-hydrogen) atoms. The molecule has 0 radical (unpaired) electrons. The summed E-state index contributed by atoms with van der Waals surface area (Å²) in [5.74, 6) is 0.0714. The summed E-state index contributed by atoms with van der Waals surface area (Å²) in [6, 6.07) is 13.9. The standard InChI is InChI=1S/C28H27ClN6O4/c1-34-14-21(13-32-34)20-10-25(26(30)31-12-20)27(37)33-23-6-7-35(15-23)28(38)39-24-9-19(8-22(29)11-24)18-4-2-17(16-36)3-5-18/h2-5,8-14,23,36H,6-7,15-16H2,1H3,(H2,30,31)(H,33,37)/t23-/m1/s1. The van der Waals surface area contributed by atoms with Crippen molar-refractivity contribution < 1.29 is 19.4 Å². The fourth-order valence-electron chi connectivity index (χ4n) is 4.45. The number of aliphatic hydroxyl groups excluding tert-OH is 1. The van der Waals surface area contributed by atoms with E-state index in [1.165, 1.54) is 4.90 Å². The maximum absolute atomic E-state index is 13.0. The van der Waals surface area contributed by atoms with Crippen molar-refractivity contribution in [3.63, 3.8) is 0 Å². The minimum absolute atomic E-state index is 0.0436. The van der Waals surface area contributed by atoms with Crippen LogP contribution in [-0.4, -0.2) is 55.9 Å². The van der Waals surface area contributed by atoms with Crippen LogP contribution in [0.4, 0.5) is 10.6 Å².